The van der Waals surface area contributed by atoms with Crippen LogP contribution in [-0.4, -0.2) is 4.57 Å². The lowest BCUT2D eigenvalue weighted by molar-refractivity contribution is -0.699. The van der Waals surface area contributed by atoms with Crippen molar-refractivity contribution in [2.75, 3.05) is 0 Å². The smallest absolute Gasteiger partial charge is 0.236 e. The molecule has 40 heavy (non-hydrogen) atoms. The molecular formula is C33H28Cl5N2+. The normalized spacial score (nSPS) is 12.2. The van der Waals surface area contributed by atoms with Gasteiger partial charge in [-0.05, 0) is 78.9 Å². The van der Waals surface area contributed by atoms with Gasteiger partial charge >= 0.3 is 0 Å². The van der Waals surface area contributed by atoms with Crippen LogP contribution < -0.4 is 4.57 Å². The Kier molecular flexibility index (Phi) is 9.45. The summed E-state index contributed by atoms with van der Waals surface area (Å²) < 4.78 is 4.43. The second-order valence-corrected chi connectivity index (χ2v) is 12.2. The second-order valence-electron chi connectivity index (χ2n) is 10.1. The highest BCUT2D eigenvalue weighted by Gasteiger charge is 2.24. The average Bonchev–Trinajstić information content (AvgIpc) is 3.38. The zero-order valence-corrected chi connectivity index (χ0v) is 25.7. The molecule has 0 saturated carbocycles. The fraction of sp³-hybridized carbons (Fsp3) is 0.182. The first kappa shape index (κ1) is 29.0. The van der Waals surface area contributed by atoms with Gasteiger partial charge in [-0.15, -0.1) is 0 Å². The molecule has 0 bridgehead atoms. The minimum absolute atomic E-state index is 0.0419. The maximum Gasteiger partial charge on any atom is 0.244 e. The summed E-state index contributed by atoms with van der Waals surface area (Å²) in [5.41, 5.74) is 5.61. The van der Waals surface area contributed by atoms with Gasteiger partial charge in [0, 0.05) is 42.2 Å². The quantitative estimate of drug-likeness (QED) is 0.144. The lowest BCUT2D eigenvalue weighted by atomic mass is 9.92. The largest absolute Gasteiger partial charge is 0.244 e. The Balaban J connectivity index is 1.46. The first-order valence-electron chi connectivity index (χ1n) is 13.0. The summed E-state index contributed by atoms with van der Waals surface area (Å²) in [6.45, 7) is 2.79. The second kappa shape index (κ2) is 13.0. The van der Waals surface area contributed by atoms with Gasteiger partial charge in [-0.25, -0.2) is 9.13 Å². The number of halogens is 5. The highest BCUT2D eigenvalue weighted by atomic mass is 35.5. The van der Waals surface area contributed by atoms with Crippen molar-refractivity contribution in [1.29, 1.82) is 0 Å². The minimum Gasteiger partial charge on any atom is -0.236 e. The van der Waals surface area contributed by atoms with Crippen molar-refractivity contribution in [1.82, 2.24) is 4.57 Å². The molecule has 1 aromatic heterocycles. The van der Waals surface area contributed by atoms with Crippen molar-refractivity contribution in [2.24, 2.45) is 0 Å². The molecule has 0 amide bonds. The molecule has 5 aromatic rings. The van der Waals surface area contributed by atoms with E-state index in [0.29, 0.717) is 20.1 Å². The number of benzene rings is 4. The average molecular weight is 630 g/mol. The van der Waals surface area contributed by atoms with Gasteiger partial charge < -0.3 is 0 Å². The van der Waals surface area contributed by atoms with E-state index >= 15 is 0 Å². The van der Waals surface area contributed by atoms with Crippen LogP contribution in [-0.2, 0) is 13.0 Å². The Morgan fingerprint density at radius 2 is 1.32 bits per heavy atom. The molecule has 4 aromatic carbocycles. The van der Waals surface area contributed by atoms with Crippen molar-refractivity contribution in [3.63, 3.8) is 0 Å². The van der Waals surface area contributed by atoms with Gasteiger partial charge in [-0.3, -0.25) is 0 Å². The van der Waals surface area contributed by atoms with Crippen molar-refractivity contribution >= 4 is 58.0 Å². The Morgan fingerprint density at radius 1 is 0.700 bits per heavy atom. The molecule has 1 heterocycles. The van der Waals surface area contributed by atoms with E-state index in [4.69, 9.17) is 58.0 Å². The predicted molar refractivity (Wildman–Crippen MR) is 168 cm³/mol. The Labute approximate surface area is 260 Å². The zero-order valence-electron chi connectivity index (χ0n) is 21.9. The van der Waals surface area contributed by atoms with E-state index < -0.39 is 0 Å². The molecule has 7 heteroatoms. The summed E-state index contributed by atoms with van der Waals surface area (Å²) in [5.74, 6) is 0.146. The van der Waals surface area contributed by atoms with Gasteiger partial charge in [0.1, 0.15) is 12.4 Å². The van der Waals surface area contributed by atoms with Crippen LogP contribution in [0.15, 0.2) is 104 Å². The number of aromatic nitrogens is 2. The van der Waals surface area contributed by atoms with Crippen LogP contribution in [0.3, 0.4) is 0 Å². The highest BCUT2D eigenvalue weighted by Crippen LogP contribution is 2.33. The summed E-state index contributed by atoms with van der Waals surface area (Å²) in [5, 5.41) is 3.51. The maximum absolute atomic E-state index is 6.72. The van der Waals surface area contributed by atoms with E-state index in [9.17, 15) is 0 Å². The van der Waals surface area contributed by atoms with Crippen molar-refractivity contribution in [2.45, 2.75) is 38.3 Å². The standard InChI is InChI=1S/C33H28Cl5N2/c1-22-2-3-23(31(37)18-22)4-5-26(30-15-14-29(36)19-32(30)38)20-39-16-17-40(21-39)33(24-6-10-27(34)11-7-24)25-8-12-28(35)13-9-25/h2-3,6-19,21,26,33H,4-5,20H2,1H3/q+1. The van der Waals surface area contributed by atoms with E-state index in [-0.39, 0.29) is 12.0 Å². The predicted octanol–water partition coefficient (Wildman–Crippen LogP) is 10.4. The molecule has 5 rings (SSSR count). The number of aryl methyl sites for hydroxylation is 2. The van der Waals surface area contributed by atoms with Crippen LogP contribution in [0.2, 0.25) is 25.1 Å². The van der Waals surface area contributed by atoms with Gasteiger partial charge in [0.15, 0.2) is 6.04 Å². The Morgan fingerprint density at radius 3 is 1.93 bits per heavy atom. The zero-order chi connectivity index (χ0) is 28.2. The third-order valence-electron chi connectivity index (χ3n) is 7.19. The number of hydrogen-bond donors (Lipinski definition) is 0. The molecule has 0 N–H and O–H groups in total. The fourth-order valence-corrected chi connectivity index (χ4v) is 6.26. The summed E-state index contributed by atoms with van der Waals surface area (Å²) in [6.07, 6.45) is 8.06. The third kappa shape index (κ3) is 7.05. The summed E-state index contributed by atoms with van der Waals surface area (Å²) in [7, 11) is 0. The maximum atomic E-state index is 6.72. The Bertz CT molecular complexity index is 1550. The van der Waals surface area contributed by atoms with Crippen LogP contribution in [0.1, 0.15) is 46.2 Å². The first-order chi connectivity index (χ1) is 19.3. The van der Waals surface area contributed by atoms with Crippen molar-refractivity contribution < 1.29 is 4.57 Å². The molecule has 0 aliphatic carbocycles. The van der Waals surface area contributed by atoms with E-state index in [1.165, 1.54) is 0 Å². The monoisotopic (exact) mass is 627 g/mol. The lowest BCUT2D eigenvalue weighted by Crippen LogP contribution is -2.35. The molecule has 0 spiro atoms. The van der Waals surface area contributed by atoms with Crippen molar-refractivity contribution in [3.8, 4) is 0 Å². The van der Waals surface area contributed by atoms with E-state index in [1.54, 1.807) is 0 Å². The number of imidazole rings is 1. The third-order valence-corrected chi connectivity index (χ3v) is 8.60. The van der Waals surface area contributed by atoms with Gasteiger partial charge in [-0.1, -0.05) is 100 Å². The van der Waals surface area contributed by atoms with E-state index in [0.717, 1.165) is 52.2 Å². The van der Waals surface area contributed by atoms with E-state index in [2.05, 4.69) is 71.2 Å². The molecule has 0 aliphatic rings. The van der Waals surface area contributed by atoms with Crippen LogP contribution >= 0.6 is 58.0 Å². The number of hydrogen-bond acceptors (Lipinski definition) is 0. The topological polar surface area (TPSA) is 8.81 Å². The summed E-state index contributed by atoms with van der Waals surface area (Å²) >= 11 is 31.9. The summed E-state index contributed by atoms with van der Waals surface area (Å²) in [6, 6.07) is 27.9. The van der Waals surface area contributed by atoms with Crippen LogP contribution in [0.5, 0.6) is 0 Å². The van der Waals surface area contributed by atoms with Gasteiger partial charge in [0.05, 0.1) is 6.54 Å². The fourth-order valence-electron chi connectivity index (χ4n) is 5.12. The SMILES string of the molecule is Cc1ccc(CCC(C[n+]2ccn(C(c3ccc(Cl)cc3)c3ccc(Cl)cc3)c2)c2ccc(Cl)cc2Cl)c(Cl)c1. The first-order valence-corrected chi connectivity index (χ1v) is 14.9. The molecule has 1 atom stereocenters. The molecular weight excluding hydrogens is 602 g/mol. The molecule has 0 saturated heterocycles. The van der Waals surface area contributed by atoms with Gasteiger partial charge in [0.2, 0.25) is 6.33 Å². The molecule has 1 unspecified atom stereocenters. The molecule has 0 fully saturated rings. The molecule has 0 aliphatic heterocycles. The molecule has 0 radical (unpaired) electrons. The molecule has 204 valence electrons. The Hall–Kier alpha value is -2.46. The molecule has 2 nitrogen and oxygen atoms in total. The highest BCUT2D eigenvalue weighted by molar-refractivity contribution is 6.35. The number of rotatable bonds is 9. The minimum atomic E-state index is -0.0419. The van der Waals surface area contributed by atoms with Crippen LogP contribution in [0, 0.1) is 6.92 Å². The van der Waals surface area contributed by atoms with Crippen molar-refractivity contribution in [3.05, 3.63) is 157 Å². The van der Waals surface area contributed by atoms with Gasteiger partial charge in [-0.2, -0.15) is 0 Å². The van der Waals surface area contributed by atoms with Gasteiger partial charge in [0.25, 0.3) is 0 Å². The number of nitrogens with zero attached hydrogens (tertiary/aromatic N) is 2. The summed E-state index contributed by atoms with van der Waals surface area (Å²) in [4.78, 5) is 0. The van der Waals surface area contributed by atoms with Crippen LogP contribution in [0.25, 0.3) is 0 Å². The van der Waals surface area contributed by atoms with E-state index in [1.807, 2.05) is 48.5 Å². The van der Waals surface area contributed by atoms with Crippen LogP contribution in [0.4, 0.5) is 0 Å². The lowest BCUT2D eigenvalue weighted by Gasteiger charge is -2.18.